The normalized spacial score (nSPS) is 17.9. The molecule has 1 aromatic carbocycles. The largest absolute Gasteiger partial charge is 0.480 e. The lowest BCUT2D eigenvalue weighted by atomic mass is 10.0. The molecule has 0 aliphatic carbocycles. The van der Waals surface area contributed by atoms with Gasteiger partial charge in [-0.3, -0.25) is 14.4 Å². The summed E-state index contributed by atoms with van der Waals surface area (Å²) in [6.07, 6.45) is 3.43. The summed E-state index contributed by atoms with van der Waals surface area (Å²) in [5.41, 5.74) is 6.37. The van der Waals surface area contributed by atoms with E-state index in [1.54, 1.807) is 0 Å². The first-order valence-electron chi connectivity index (χ1n) is 11.6. The molecule has 0 bridgehead atoms. The SMILES string of the molecule is NCCCCC(NC(=O)C1CCCN1)C(=O)NC(Cc1ccccc1)C(=O)NC(CS)C(=O)O. The Balaban J connectivity index is 2.15. The van der Waals surface area contributed by atoms with Gasteiger partial charge in [0, 0.05) is 12.2 Å². The van der Waals surface area contributed by atoms with Gasteiger partial charge in [-0.2, -0.15) is 12.6 Å². The fraction of sp³-hybridized carbons (Fsp3) is 0.565. The maximum Gasteiger partial charge on any atom is 0.327 e. The van der Waals surface area contributed by atoms with Gasteiger partial charge in [-0.1, -0.05) is 30.3 Å². The average molecular weight is 494 g/mol. The highest BCUT2D eigenvalue weighted by Crippen LogP contribution is 2.09. The second kappa shape index (κ2) is 14.6. The van der Waals surface area contributed by atoms with E-state index in [1.807, 2.05) is 30.3 Å². The third kappa shape index (κ3) is 8.96. The first-order valence-corrected chi connectivity index (χ1v) is 12.2. The molecule has 11 heteroatoms. The van der Waals surface area contributed by atoms with E-state index in [0.29, 0.717) is 32.2 Å². The second-order valence-electron chi connectivity index (χ2n) is 8.33. The third-order valence-corrected chi connectivity index (χ3v) is 6.03. The van der Waals surface area contributed by atoms with Gasteiger partial charge in [0.15, 0.2) is 0 Å². The van der Waals surface area contributed by atoms with Crippen molar-refractivity contribution in [2.75, 3.05) is 18.8 Å². The van der Waals surface area contributed by atoms with Crippen molar-refractivity contribution in [1.82, 2.24) is 21.3 Å². The van der Waals surface area contributed by atoms with Crippen LogP contribution in [0.2, 0.25) is 0 Å². The van der Waals surface area contributed by atoms with Crippen molar-refractivity contribution in [3.05, 3.63) is 35.9 Å². The van der Waals surface area contributed by atoms with Crippen LogP contribution < -0.4 is 27.0 Å². The average Bonchev–Trinajstić information content (AvgIpc) is 3.37. The quantitative estimate of drug-likeness (QED) is 0.137. The van der Waals surface area contributed by atoms with Gasteiger partial charge in [-0.15, -0.1) is 0 Å². The molecule has 34 heavy (non-hydrogen) atoms. The van der Waals surface area contributed by atoms with Crippen molar-refractivity contribution < 1.29 is 24.3 Å². The molecule has 3 amide bonds. The van der Waals surface area contributed by atoms with E-state index < -0.39 is 35.9 Å². The topological polar surface area (TPSA) is 163 Å². The molecule has 10 nitrogen and oxygen atoms in total. The zero-order chi connectivity index (χ0) is 24.9. The number of nitrogens with one attached hydrogen (secondary N) is 4. The van der Waals surface area contributed by atoms with Crippen molar-refractivity contribution in [3.8, 4) is 0 Å². The molecular weight excluding hydrogens is 458 g/mol. The molecule has 0 spiro atoms. The number of carbonyl (C=O) groups excluding carboxylic acids is 3. The van der Waals surface area contributed by atoms with E-state index in [2.05, 4.69) is 33.9 Å². The fourth-order valence-corrected chi connectivity index (χ4v) is 3.98. The van der Waals surface area contributed by atoms with Crippen LogP contribution in [0.25, 0.3) is 0 Å². The van der Waals surface area contributed by atoms with Crippen LogP contribution in [0.5, 0.6) is 0 Å². The van der Waals surface area contributed by atoms with Crippen molar-refractivity contribution in [1.29, 1.82) is 0 Å². The number of carboxylic acid groups (broad SMARTS) is 1. The summed E-state index contributed by atoms with van der Waals surface area (Å²) in [5.74, 6) is -2.71. The van der Waals surface area contributed by atoms with E-state index in [-0.39, 0.29) is 24.1 Å². The Kier molecular flexibility index (Phi) is 11.9. The molecule has 0 radical (unpaired) electrons. The van der Waals surface area contributed by atoms with Gasteiger partial charge < -0.3 is 32.1 Å². The first-order chi connectivity index (χ1) is 16.3. The van der Waals surface area contributed by atoms with Crippen LogP contribution in [0, 0.1) is 0 Å². The maximum absolute atomic E-state index is 13.2. The number of aliphatic carboxylic acids is 1. The summed E-state index contributed by atoms with van der Waals surface area (Å²) < 4.78 is 0. The number of amides is 3. The molecular formula is C23H35N5O5S. The van der Waals surface area contributed by atoms with E-state index in [4.69, 9.17) is 5.73 Å². The summed E-state index contributed by atoms with van der Waals surface area (Å²) in [6.45, 7) is 1.21. The highest BCUT2D eigenvalue weighted by atomic mass is 32.1. The van der Waals surface area contributed by atoms with Crippen LogP contribution in [0.15, 0.2) is 30.3 Å². The zero-order valence-electron chi connectivity index (χ0n) is 19.2. The highest BCUT2D eigenvalue weighted by molar-refractivity contribution is 7.80. The van der Waals surface area contributed by atoms with Crippen LogP contribution in [0.1, 0.15) is 37.7 Å². The number of thiol groups is 1. The van der Waals surface area contributed by atoms with Crippen LogP contribution in [0.3, 0.4) is 0 Å². The molecule has 4 unspecified atom stereocenters. The van der Waals surface area contributed by atoms with E-state index in [1.165, 1.54) is 0 Å². The number of carboxylic acids is 1. The summed E-state index contributed by atoms with van der Waals surface area (Å²) in [4.78, 5) is 50.1. The first kappa shape index (κ1) is 27.6. The molecule has 0 aromatic heterocycles. The predicted octanol–water partition coefficient (Wildman–Crippen LogP) is -0.421. The maximum atomic E-state index is 13.2. The van der Waals surface area contributed by atoms with Crippen molar-refractivity contribution in [2.45, 2.75) is 62.7 Å². The van der Waals surface area contributed by atoms with Crippen LogP contribution in [-0.4, -0.2) is 71.8 Å². The molecule has 1 heterocycles. The van der Waals surface area contributed by atoms with Gasteiger partial charge >= 0.3 is 5.97 Å². The molecule has 0 saturated carbocycles. The van der Waals surface area contributed by atoms with Crippen LogP contribution in [0.4, 0.5) is 0 Å². The number of benzene rings is 1. The molecule has 1 aliphatic heterocycles. The summed E-state index contributed by atoms with van der Waals surface area (Å²) >= 11 is 3.98. The van der Waals surface area contributed by atoms with Gasteiger partial charge in [0.2, 0.25) is 17.7 Å². The number of hydrogen-bond donors (Lipinski definition) is 7. The molecule has 1 aromatic rings. The van der Waals surface area contributed by atoms with Crippen molar-refractivity contribution in [2.24, 2.45) is 5.73 Å². The monoisotopic (exact) mass is 493 g/mol. The fourth-order valence-electron chi connectivity index (χ4n) is 3.73. The van der Waals surface area contributed by atoms with E-state index in [0.717, 1.165) is 18.5 Å². The standard InChI is InChI=1S/C23H35N5O5S/c24-11-5-4-9-17(26-20(29)16-10-6-12-25-16)21(30)27-18(13-15-7-2-1-3-8-15)22(31)28-19(14-34)23(32)33/h1-3,7-8,16-19,25,34H,4-6,9-14,24H2,(H,26,29)(H,27,30)(H,28,31)(H,32,33). The smallest absolute Gasteiger partial charge is 0.327 e. The van der Waals surface area contributed by atoms with Gasteiger partial charge in [-0.05, 0) is 50.8 Å². The zero-order valence-corrected chi connectivity index (χ0v) is 20.1. The Hall–Kier alpha value is -2.63. The van der Waals surface area contributed by atoms with Gasteiger partial charge in [0.1, 0.15) is 18.1 Å². The van der Waals surface area contributed by atoms with Gasteiger partial charge in [-0.25, -0.2) is 4.79 Å². The lowest BCUT2D eigenvalue weighted by molar-refractivity contribution is -0.141. The lowest BCUT2D eigenvalue weighted by Crippen LogP contribution is -2.57. The predicted molar refractivity (Wildman–Crippen MR) is 131 cm³/mol. The van der Waals surface area contributed by atoms with E-state index >= 15 is 0 Å². The highest BCUT2D eigenvalue weighted by Gasteiger charge is 2.31. The Labute approximate surface area is 205 Å². The van der Waals surface area contributed by atoms with Crippen molar-refractivity contribution in [3.63, 3.8) is 0 Å². The minimum Gasteiger partial charge on any atom is -0.480 e. The summed E-state index contributed by atoms with van der Waals surface area (Å²) in [6, 6.07) is 5.66. The minimum atomic E-state index is -1.22. The summed E-state index contributed by atoms with van der Waals surface area (Å²) in [7, 11) is 0. The number of nitrogens with two attached hydrogens (primary N) is 1. The molecule has 7 N–H and O–H groups in total. The number of carbonyl (C=O) groups is 4. The second-order valence-corrected chi connectivity index (χ2v) is 8.69. The Bertz CT molecular complexity index is 819. The van der Waals surface area contributed by atoms with Crippen LogP contribution >= 0.6 is 12.6 Å². The van der Waals surface area contributed by atoms with Crippen molar-refractivity contribution >= 4 is 36.3 Å². The molecule has 1 fully saturated rings. The summed E-state index contributed by atoms with van der Waals surface area (Å²) in [5, 5.41) is 20.3. The molecule has 1 saturated heterocycles. The lowest BCUT2D eigenvalue weighted by Gasteiger charge is -2.25. The number of hydrogen-bond acceptors (Lipinski definition) is 7. The van der Waals surface area contributed by atoms with Gasteiger partial charge in [0.25, 0.3) is 0 Å². The molecule has 1 aliphatic rings. The third-order valence-electron chi connectivity index (χ3n) is 5.67. The molecule has 188 valence electrons. The molecule has 2 rings (SSSR count). The number of rotatable bonds is 14. The van der Waals surface area contributed by atoms with Crippen LogP contribution in [-0.2, 0) is 25.6 Å². The Morgan fingerprint density at radius 2 is 1.71 bits per heavy atom. The van der Waals surface area contributed by atoms with E-state index in [9.17, 15) is 24.3 Å². The Morgan fingerprint density at radius 3 is 2.29 bits per heavy atom. The number of unbranched alkanes of at least 4 members (excludes halogenated alkanes) is 1. The van der Waals surface area contributed by atoms with Gasteiger partial charge in [0.05, 0.1) is 6.04 Å². The molecule has 4 atom stereocenters. The minimum absolute atomic E-state index is 0.0980. The Morgan fingerprint density at radius 1 is 1.03 bits per heavy atom.